The van der Waals surface area contributed by atoms with Gasteiger partial charge in [-0.3, -0.25) is 4.57 Å². The Hall–Kier alpha value is -3.07. The van der Waals surface area contributed by atoms with Crippen molar-refractivity contribution in [3.05, 3.63) is 64.2 Å². The Morgan fingerprint density at radius 1 is 1.12 bits per heavy atom. The number of benzene rings is 1. The van der Waals surface area contributed by atoms with Crippen LogP contribution in [0.5, 0.6) is 0 Å². The molecule has 0 unspecified atom stereocenters. The van der Waals surface area contributed by atoms with Crippen LogP contribution in [0.1, 0.15) is 30.4 Å². The summed E-state index contributed by atoms with van der Waals surface area (Å²) in [6.07, 6.45) is 5.14. The van der Waals surface area contributed by atoms with Crippen molar-refractivity contribution in [1.82, 2.24) is 14.2 Å². The standard InChI is InChI=1S/C19H19N5O/c20-13-15-6-2-3-7-16(15)14-23-18(22-10-4-1-5-11-22)12-17-8-9-21-24(17)19(23)25/h2-3,6-9,12H,1,4-5,10-11,14H2. The summed E-state index contributed by atoms with van der Waals surface area (Å²) < 4.78 is 3.16. The normalized spacial score (nSPS) is 14.6. The highest BCUT2D eigenvalue weighted by Gasteiger charge is 2.18. The van der Waals surface area contributed by atoms with Crippen molar-refractivity contribution in [3.63, 3.8) is 0 Å². The molecule has 0 bridgehead atoms. The van der Waals surface area contributed by atoms with Crippen molar-refractivity contribution < 1.29 is 0 Å². The van der Waals surface area contributed by atoms with E-state index in [4.69, 9.17) is 0 Å². The van der Waals surface area contributed by atoms with Crippen LogP contribution < -0.4 is 10.6 Å². The van der Waals surface area contributed by atoms with E-state index in [1.165, 1.54) is 10.9 Å². The van der Waals surface area contributed by atoms with E-state index >= 15 is 0 Å². The molecule has 0 saturated carbocycles. The molecule has 6 heteroatoms. The molecular formula is C19H19N5O. The fraction of sp³-hybridized carbons (Fsp3) is 0.316. The quantitative estimate of drug-likeness (QED) is 0.738. The van der Waals surface area contributed by atoms with Crippen LogP contribution in [0.25, 0.3) is 5.52 Å². The van der Waals surface area contributed by atoms with E-state index in [-0.39, 0.29) is 5.69 Å². The molecule has 2 aromatic heterocycles. The molecule has 1 aliphatic rings. The molecule has 0 atom stereocenters. The predicted octanol–water partition coefficient (Wildman–Crippen LogP) is 2.41. The van der Waals surface area contributed by atoms with Gasteiger partial charge in [0.15, 0.2) is 0 Å². The molecule has 0 radical (unpaired) electrons. The van der Waals surface area contributed by atoms with E-state index in [1.807, 2.05) is 30.3 Å². The summed E-state index contributed by atoms with van der Waals surface area (Å²) in [7, 11) is 0. The van der Waals surface area contributed by atoms with Gasteiger partial charge in [0.2, 0.25) is 0 Å². The third kappa shape index (κ3) is 2.78. The smallest absolute Gasteiger partial charge is 0.351 e. The second-order valence-corrected chi connectivity index (χ2v) is 6.36. The minimum atomic E-state index is -0.171. The highest BCUT2D eigenvalue weighted by atomic mass is 16.2. The van der Waals surface area contributed by atoms with Crippen LogP contribution >= 0.6 is 0 Å². The number of hydrogen-bond acceptors (Lipinski definition) is 4. The fourth-order valence-electron chi connectivity index (χ4n) is 3.48. The van der Waals surface area contributed by atoms with Crippen molar-refractivity contribution >= 4 is 11.3 Å². The van der Waals surface area contributed by atoms with Gasteiger partial charge in [-0.05, 0) is 37.0 Å². The Kier molecular flexibility index (Phi) is 3.98. The average Bonchev–Trinajstić information content (AvgIpc) is 3.14. The first-order chi connectivity index (χ1) is 12.3. The number of nitriles is 1. The number of hydrogen-bond donors (Lipinski definition) is 0. The second kappa shape index (κ2) is 6.44. The fourth-order valence-corrected chi connectivity index (χ4v) is 3.48. The van der Waals surface area contributed by atoms with Crippen molar-refractivity contribution in [2.24, 2.45) is 0 Å². The lowest BCUT2D eigenvalue weighted by Gasteiger charge is -2.31. The predicted molar refractivity (Wildman–Crippen MR) is 95.8 cm³/mol. The zero-order valence-electron chi connectivity index (χ0n) is 13.9. The number of aromatic nitrogens is 3. The second-order valence-electron chi connectivity index (χ2n) is 6.36. The lowest BCUT2D eigenvalue weighted by Crippen LogP contribution is -2.37. The summed E-state index contributed by atoms with van der Waals surface area (Å²) in [4.78, 5) is 15.3. The van der Waals surface area contributed by atoms with E-state index < -0.39 is 0 Å². The van der Waals surface area contributed by atoms with Gasteiger partial charge in [0.05, 0.1) is 29.9 Å². The molecule has 1 fully saturated rings. The minimum absolute atomic E-state index is 0.171. The van der Waals surface area contributed by atoms with E-state index in [2.05, 4.69) is 16.1 Å². The molecule has 0 aliphatic carbocycles. The highest BCUT2D eigenvalue weighted by molar-refractivity contribution is 5.56. The molecule has 25 heavy (non-hydrogen) atoms. The Morgan fingerprint density at radius 3 is 2.72 bits per heavy atom. The van der Waals surface area contributed by atoms with Crippen LogP contribution in [0.15, 0.2) is 47.4 Å². The Bertz CT molecular complexity index is 1000. The molecule has 0 spiro atoms. The largest absolute Gasteiger partial charge is 0.358 e. The lowest BCUT2D eigenvalue weighted by molar-refractivity contribution is 0.554. The summed E-state index contributed by atoms with van der Waals surface area (Å²) in [5.74, 6) is 0.908. The number of piperidine rings is 1. The molecular weight excluding hydrogens is 314 g/mol. The maximum Gasteiger partial charge on any atom is 0.351 e. The Morgan fingerprint density at radius 2 is 1.92 bits per heavy atom. The van der Waals surface area contributed by atoms with Crippen LogP contribution in [-0.4, -0.2) is 27.3 Å². The number of rotatable bonds is 3. The summed E-state index contributed by atoms with van der Waals surface area (Å²) in [6.45, 7) is 2.26. The van der Waals surface area contributed by atoms with Crippen LogP contribution in [0.4, 0.5) is 5.82 Å². The first-order valence-corrected chi connectivity index (χ1v) is 8.58. The first-order valence-electron chi connectivity index (χ1n) is 8.58. The first kappa shape index (κ1) is 15.5. The van der Waals surface area contributed by atoms with Gasteiger partial charge in [-0.25, -0.2) is 4.79 Å². The van der Waals surface area contributed by atoms with Gasteiger partial charge >= 0.3 is 5.69 Å². The molecule has 1 aromatic carbocycles. The summed E-state index contributed by atoms with van der Waals surface area (Å²) >= 11 is 0. The van der Waals surface area contributed by atoms with E-state index in [0.29, 0.717) is 12.1 Å². The number of nitrogens with zero attached hydrogens (tertiary/aromatic N) is 5. The van der Waals surface area contributed by atoms with Gasteiger partial charge in [0, 0.05) is 19.2 Å². The van der Waals surface area contributed by atoms with Crippen molar-refractivity contribution in [2.75, 3.05) is 18.0 Å². The van der Waals surface area contributed by atoms with Crippen molar-refractivity contribution in [2.45, 2.75) is 25.8 Å². The number of anilines is 1. The van der Waals surface area contributed by atoms with Crippen LogP contribution in [0.3, 0.4) is 0 Å². The summed E-state index contributed by atoms with van der Waals surface area (Å²) in [6, 6.07) is 13.5. The van der Waals surface area contributed by atoms with Gasteiger partial charge in [-0.1, -0.05) is 18.2 Å². The third-order valence-corrected chi connectivity index (χ3v) is 4.78. The molecule has 3 heterocycles. The Balaban J connectivity index is 1.87. The van der Waals surface area contributed by atoms with Gasteiger partial charge in [0.1, 0.15) is 5.82 Å². The SMILES string of the molecule is N#Cc1ccccc1Cn1c(N2CCCCC2)cc2ccnn2c1=O. The van der Waals surface area contributed by atoms with Crippen LogP contribution in [-0.2, 0) is 6.54 Å². The van der Waals surface area contributed by atoms with Gasteiger partial charge in [-0.2, -0.15) is 14.9 Å². The van der Waals surface area contributed by atoms with Crippen LogP contribution in [0.2, 0.25) is 0 Å². The molecule has 0 amide bonds. The maximum absolute atomic E-state index is 13.0. The topological polar surface area (TPSA) is 66.3 Å². The molecule has 0 N–H and O–H groups in total. The summed E-state index contributed by atoms with van der Waals surface area (Å²) in [5.41, 5.74) is 2.07. The van der Waals surface area contributed by atoms with Crippen LogP contribution in [0, 0.1) is 11.3 Å². The number of fused-ring (bicyclic) bond motifs is 1. The molecule has 1 saturated heterocycles. The van der Waals surface area contributed by atoms with Crippen molar-refractivity contribution in [3.8, 4) is 6.07 Å². The average molecular weight is 333 g/mol. The van der Waals surface area contributed by atoms with Gasteiger partial charge in [-0.15, -0.1) is 0 Å². The molecule has 6 nitrogen and oxygen atoms in total. The van der Waals surface area contributed by atoms with Gasteiger partial charge in [0.25, 0.3) is 0 Å². The monoisotopic (exact) mass is 333 g/mol. The Labute approximate surface area is 145 Å². The molecule has 126 valence electrons. The zero-order valence-corrected chi connectivity index (χ0v) is 13.9. The van der Waals surface area contributed by atoms with E-state index in [1.54, 1.807) is 16.8 Å². The molecule has 1 aliphatic heterocycles. The van der Waals surface area contributed by atoms with Gasteiger partial charge < -0.3 is 4.90 Å². The summed E-state index contributed by atoms with van der Waals surface area (Å²) in [5, 5.41) is 13.5. The third-order valence-electron chi connectivity index (χ3n) is 4.78. The van der Waals surface area contributed by atoms with E-state index in [0.717, 1.165) is 42.8 Å². The zero-order chi connectivity index (χ0) is 17.2. The molecule has 4 rings (SSSR count). The minimum Gasteiger partial charge on any atom is -0.358 e. The molecule has 3 aromatic rings. The maximum atomic E-state index is 13.0. The van der Waals surface area contributed by atoms with E-state index in [9.17, 15) is 10.1 Å². The highest BCUT2D eigenvalue weighted by Crippen LogP contribution is 2.22. The lowest BCUT2D eigenvalue weighted by atomic mass is 10.1. The van der Waals surface area contributed by atoms with Crippen molar-refractivity contribution in [1.29, 1.82) is 5.26 Å².